The Labute approximate surface area is 154 Å². The summed E-state index contributed by atoms with van der Waals surface area (Å²) in [5, 5.41) is 9.69. The molecule has 0 unspecified atom stereocenters. The Hall–Kier alpha value is -2.67. The molecule has 0 fully saturated rings. The van der Waals surface area contributed by atoms with Crippen LogP contribution in [0.25, 0.3) is 21.3 Å². The molecule has 6 nitrogen and oxygen atoms in total. The zero-order chi connectivity index (χ0) is 19.0. The lowest BCUT2D eigenvalue weighted by molar-refractivity contribution is -0.137. The van der Waals surface area contributed by atoms with Gasteiger partial charge in [-0.3, -0.25) is 14.2 Å². The number of hydrogen-bond donors (Lipinski definition) is 1. The van der Waals surface area contributed by atoms with Crippen molar-refractivity contribution in [3.05, 3.63) is 45.3 Å². The van der Waals surface area contributed by atoms with Gasteiger partial charge in [-0.1, -0.05) is 26.0 Å². The lowest BCUT2D eigenvalue weighted by atomic mass is 10.0. The first-order valence-corrected chi connectivity index (χ1v) is 9.05. The van der Waals surface area contributed by atoms with E-state index in [2.05, 4.69) is 4.98 Å². The number of methoxy groups -OCH3 is 1. The number of carboxylic acid groups (broad SMARTS) is 1. The highest BCUT2D eigenvalue weighted by Gasteiger charge is 2.22. The highest BCUT2D eigenvalue weighted by atomic mass is 32.1. The number of benzene rings is 1. The Bertz CT molecular complexity index is 1050. The smallest absolute Gasteiger partial charge is 0.323 e. The van der Waals surface area contributed by atoms with Gasteiger partial charge in [0.05, 0.1) is 12.5 Å². The van der Waals surface area contributed by atoms with Crippen molar-refractivity contribution in [3.63, 3.8) is 0 Å². The number of aromatic nitrogens is 2. The zero-order valence-corrected chi connectivity index (χ0v) is 15.9. The zero-order valence-electron chi connectivity index (χ0n) is 15.1. The van der Waals surface area contributed by atoms with E-state index in [0.717, 1.165) is 16.0 Å². The summed E-state index contributed by atoms with van der Waals surface area (Å²) in [5.74, 6) is 0.0568. The number of carbonyl (C=O) groups is 1. The third kappa shape index (κ3) is 3.10. The normalized spacial score (nSPS) is 11.3. The Morgan fingerprint density at radius 2 is 2.12 bits per heavy atom. The van der Waals surface area contributed by atoms with Crippen LogP contribution in [0.2, 0.25) is 0 Å². The number of rotatable bonds is 5. The fourth-order valence-corrected chi connectivity index (χ4v) is 4.11. The summed E-state index contributed by atoms with van der Waals surface area (Å²) >= 11 is 1.45. The standard InChI is InChI=1S/C19H20N2O4S/c1-10(2)17-20-18-16(19(24)21(17)9-14(22)23)15(11(3)26-18)12-6-5-7-13(8-12)25-4/h5-8,10H,9H2,1-4H3,(H,22,23). The van der Waals surface area contributed by atoms with Crippen LogP contribution in [-0.4, -0.2) is 27.7 Å². The molecule has 0 spiro atoms. The second kappa shape index (κ2) is 6.92. The Morgan fingerprint density at radius 1 is 1.38 bits per heavy atom. The fourth-order valence-electron chi connectivity index (χ4n) is 3.07. The van der Waals surface area contributed by atoms with Crippen LogP contribution in [0.3, 0.4) is 0 Å². The summed E-state index contributed by atoms with van der Waals surface area (Å²) < 4.78 is 6.56. The van der Waals surface area contributed by atoms with Crippen molar-refractivity contribution in [2.75, 3.05) is 7.11 Å². The predicted molar refractivity (Wildman–Crippen MR) is 102 cm³/mol. The first kappa shape index (κ1) is 18.1. The Balaban J connectivity index is 2.37. The largest absolute Gasteiger partial charge is 0.497 e. The number of hydrogen-bond acceptors (Lipinski definition) is 5. The maximum atomic E-state index is 13.2. The number of carboxylic acids is 1. The second-order valence-corrected chi connectivity index (χ2v) is 7.56. The molecule has 1 aromatic carbocycles. The van der Waals surface area contributed by atoms with E-state index in [1.165, 1.54) is 15.9 Å². The van der Waals surface area contributed by atoms with Crippen molar-refractivity contribution in [2.45, 2.75) is 33.2 Å². The van der Waals surface area contributed by atoms with Crippen molar-refractivity contribution in [2.24, 2.45) is 0 Å². The summed E-state index contributed by atoms with van der Waals surface area (Å²) in [5.41, 5.74) is 1.32. The van der Waals surface area contributed by atoms with Crippen molar-refractivity contribution in [1.29, 1.82) is 0 Å². The number of nitrogens with zero attached hydrogens (tertiary/aromatic N) is 2. The molecule has 0 amide bonds. The van der Waals surface area contributed by atoms with E-state index in [4.69, 9.17) is 4.74 Å². The molecule has 0 aliphatic heterocycles. The van der Waals surface area contributed by atoms with Crippen LogP contribution < -0.4 is 10.3 Å². The van der Waals surface area contributed by atoms with Crippen LogP contribution >= 0.6 is 11.3 Å². The quantitative estimate of drug-likeness (QED) is 0.739. The van der Waals surface area contributed by atoms with E-state index >= 15 is 0 Å². The van der Waals surface area contributed by atoms with Crippen molar-refractivity contribution < 1.29 is 14.6 Å². The van der Waals surface area contributed by atoms with Gasteiger partial charge in [0, 0.05) is 16.4 Å². The Morgan fingerprint density at radius 3 is 2.73 bits per heavy atom. The van der Waals surface area contributed by atoms with Crippen molar-refractivity contribution >= 4 is 27.5 Å². The van der Waals surface area contributed by atoms with Crippen LogP contribution in [0.5, 0.6) is 5.75 Å². The molecule has 2 aromatic heterocycles. The molecular formula is C19H20N2O4S. The van der Waals surface area contributed by atoms with Gasteiger partial charge >= 0.3 is 5.97 Å². The molecule has 3 rings (SSSR count). The molecule has 26 heavy (non-hydrogen) atoms. The van der Waals surface area contributed by atoms with E-state index < -0.39 is 12.5 Å². The molecule has 2 heterocycles. The molecule has 0 aliphatic carbocycles. The molecule has 0 radical (unpaired) electrons. The van der Waals surface area contributed by atoms with Crippen LogP contribution in [0, 0.1) is 6.92 Å². The van der Waals surface area contributed by atoms with Crippen LogP contribution in [0.4, 0.5) is 0 Å². The van der Waals surface area contributed by atoms with Crippen molar-refractivity contribution in [3.8, 4) is 16.9 Å². The van der Waals surface area contributed by atoms with E-state index in [1.807, 2.05) is 45.0 Å². The molecule has 0 saturated carbocycles. The average molecular weight is 372 g/mol. The maximum Gasteiger partial charge on any atom is 0.323 e. The predicted octanol–water partition coefficient (Wildman–Crippen LogP) is 3.65. The minimum absolute atomic E-state index is 0.0610. The van der Waals surface area contributed by atoms with Crippen molar-refractivity contribution in [1.82, 2.24) is 9.55 Å². The highest BCUT2D eigenvalue weighted by Crippen LogP contribution is 2.37. The molecule has 3 aromatic rings. The summed E-state index contributed by atoms with van der Waals surface area (Å²) in [4.78, 5) is 30.7. The van der Waals surface area contributed by atoms with Crippen LogP contribution in [-0.2, 0) is 11.3 Å². The van der Waals surface area contributed by atoms with Gasteiger partial charge in [-0.25, -0.2) is 4.98 Å². The fraction of sp³-hybridized carbons (Fsp3) is 0.316. The number of ether oxygens (including phenoxy) is 1. The topological polar surface area (TPSA) is 81.4 Å². The SMILES string of the molecule is COc1cccc(-c2c(C)sc3nc(C(C)C)n(CC(=O)O)c(=O)c23)c1. The first-order chi connectivity index (χ1) is 12.3. The minimum atomic E-state index is -1.06. The average Bonchev–Trinajstić information content (AvgIpc) is 2.93. The lowest BCUT2D eigenvalue weighted by Crippen LogP contribution is -2.29. The molecule has 136 valence electrons. The summed E-state index contributed by atoms with van der Waals surface area (Å²) in [6, 6.07) is 7.48. The molecule has 0 bridgehead atoms. The highest BCUT2D eigenvalue weighted by molar-refractivity contribution is 7.19. The van der Waals surface area contributed by atoms with Gasteiger partial charge in [-0.05, 0) is 24.6 Å². The third-order valence-corrected chi connectivity index (χ3v) is 5.18. The molecule has 0 aliphatic rings. The van der Waals surface area contributed by atoms with Gasteiger partial charge in [-0.15, -0.1) is 11.3 Å². The molecular weight excluding hydrogens is 352 g/mol. The summed E-state index contributed by atoms with van der Waals surface area (Å²) in [6.45, 7) is 5.34. The summed E-state index contributed by atoms with van der Waals surface area (Å²) in [6.07, 6.45) is 0. The number of thiophene rings is 1. The van der Waals surface area contributed by atoms with Gasteiger partial charge in [0.25, 0.3) is 5.56 Å². The minimum Gasteiger partial charge on any atom is -0.497 e. The molecule has 0 atom stereocenters. The lowest BCUT2D eigenvalue weighted by Gasteiger charge is -2.13. The van der Waals surface area contributed by atoms with E-state index in [-0.39, 0.29) is 11.5 Å². The van der Waals surface area contributed by atoms with Gasteiger partial charge in [0.2, 0.25) is 0 Å². The van der Waals surface area contributed by atoms with Gasteiger partial charge in [0.15, 0.2) is 0 Å². The van der Waals surface area contributed by atoms with E-state index in [0.29, 0.717) is 21.8 Å². The molecule has 7 heteroatoms. The first-order valence-electron chi connectivity index (χ1n) is 8.23. The number of aliphatic carboxylic acids is 1. The maximum absolute atomic E-state index is 13.2. The van der Waals surface area contributed by atoms with Gasteiger partial charge < -0.3 is 9.84 Å². The Kier molecular flexibility index (Phi) is 4.82. The van der Waals surface area contributed by atoms with Gasteiger partial charge in [0.1, 0.15) is 22.9 Å². The van der Waals surface area contributed by atoms with Crippen LogP contribution in [0.15, 0.2) is 29.1 Å². The van der Waals surface area contributed by atoms with Crippen LogP contribution in [0.1, 0.15) is 30.5 Å². The molecule has 0 saturated heterocycles. The second-order valence-electron chi connectivity index (χ2n) is 6.36. The van der Waals surface area contributed by atoms with E-state index in [1.54, 1.807) is 7.11 Å². The number of fused-ring (bicyclic) bond motifs is 1. The van der Waals surface area contributed by atoms with E-state index in [9.17, 15) is 14.7 Å². The number of aryl methyl sites for hydroxylation is 1. The monoisotopic (exact) mass is 372 g/mol. The molecule has 1 N–H and O–H groups in total. The summed E-state index contributed by atoms with van der Waals surface area (Å²) in [7, 11) is 1.59. The third-order valence-electron chi connectivity index (χ3n) is 4.19. The van der Waals surface area contributed by atoms with Gasteiger partial charge in [-0.2, -0.15) is 0 Å².